The monoisotopic (exact) mass is 732 g/mol. The van der Waals surface area contributed by atoms with Gasteiger partial charge in [-0.2, -0.15) is 0 Å². The maximum atomic E-state index is 13.5. The standard InChI is InChI=1S/C35H30Br2N2O6/c1-4-43-31-18-25(17-30(37)32(31)45-20-24-6-5-21(2)22(3)15-24)16-29-33(40)38-35(42)39(34(29)41)27-11-13-28(14-12-27)44-19-23-7-9-26(36)10-8-23/h5-18H,4,19-20H2,1-3H3,(H,38,40,42)/b29-16+. The average molecular weight is 734 g/mol. The number of aryl methyl sites for hydroxylation is 2. The molecule has 10 heteroatoms. The van der Waals surface area contributed by atoms with Gasteiger partial charge >= 0.3 is 6.03 Å². The van der Waals surface area contributed by atoms with E-state index in [0.717, 1.165) is 20.5 Å². The molecular formula is C35H30Br2N2O6. The van der Waals surface area contributed by atoms with Gasteiger partial charge in [-0.3, -0.25) is 14.9 Å². The highest BCUT2D eigenvalue weighted by molar-refractivity contribution is 9.10. The Morgan fingerprint density at radius 2 is 1.47 bits per heavy atom. The van der Waals surface area contributed by atoms with Gasteiger partial charge in [0.15, 0.2) is 11.5 Å². The lowest BCUT2D eigenvalue weighted by Crippen LogP contribution is -2.54. The zero-order valence-corrected chi connectivity index (χ0v) is 28.0. The molecule has 1 heterocycles. The van der Waals surface area contributed by atoms with Crippen LogP contribution < -0.4 is 24.4 Å². The number of nitrogens with one attached hydrogen (secondary N) is 1. The van der Waals surface area contributed by atoms with Crippen LogP contribution in [-0.2, 0) is 22.8 Å². The number of hydrogen-bond acceptors (Lipinski definition) is 6. The zero-order chi connectivity index (χ0) is 32.1. The summed E-state index contributed by atoms with van der Waals surface area (Å²) in [4.78, 5) is 40.0. The van der Waals surface area contributed by atoms with E-state index in [1.807, 2.05) is 37.3 Å². The maximum Gasteiger partial charge on any atom is 0.335 e. The normalized spacial score (nSPS) is 14.0. The molecular weight excluding hydrogens is 704 g/mol. The first kappa shape index (κ1) is 32.0. The number of anilines is 1. The van der Waals surface area contributed by atoms with Crippen LogP contribution in [0, 0.1) is 13.8 Å². The lowest BCUT2D eigenvalue weighted by atomic mass is 10.1. The Hall–Kier alpha value is -4.41. The molecule has 8 nitrogen and oxygen atoms in total. The first-order valence-corrected chi connectivity index (χ1v) is 15.8. The topological polar surface area (TPSA) is 94.2 Å². The molecule has 0 bridgehead atoms. The number of hydrogen-bond donors (Lipinski definition) is 1. The van der Waals surface area contributed by atoms with Crippen LogP contribution in [0.2, 0.25) is 0 Å². The van der Waals surface area contributed by atoms with Gasteiger partial charge in [0.2, 0.25) is 0 Å². The number of ether oxygens (including phenoxy) is 3. The molecule has 230 valence electrons. The number of urea groups is 1. The predicted molar refractivity (Wildman–Crippen MR) is 179 cm³/mol. The Morgan fingerprint density at radius 3 is 2.16 bits per heavy atom. The van der Waals surface area contributed by atoms with E-state index in [4.69, 9.17) is 14.2 Å². The summed E-state index contributed by atoms with van der Waals surface area (Å²) in [5, 5.41) is 2.26. The Morgan fingerprint density at radius 1 is 0.778 bits per heavy atom. The number of barbiturate groups is 1. The number of amides is 4. The molecule has 1 N–H and O–H groups in total. The molecule has 1 fully saturated rings. The lowest BCUT2D eigenvalue weighted by Gasteiger charge is -2.26. The molecule has 0 atom stereocenters. The highest BCUT2D eigenvalue weighted by Gasteiger charge is 2.37. The van der Waals surface area contributed by atoms with Crippen molar-refractivity contribution >= 4 is 61.5 Å². The van der Waals surface area contributed by atoms with Crippen LogP contribution in [0.25, 0.3) is 6.08 Å². The zero-order valence-electron chi connectivity index (χ0n) is 24.9. The lowest BCUT2D eigenvalue weighted by molar-refractivity contribution is -0.122. The number of nitrogens with zero attached hydrogens (tertiary/aromatic N) is 1. The van der Waals surface area contributed by atoms with E-state index in [9.17, 15) is 14.4 Å². The van der Waals surface area contributed by atoms with Crippen LogP contribution in [-0.4, -0.2) is 24.5 Å². The minimum atomic E-state index is -0.836. The van der Waals surface area contributed by atoms with Gasteiger partial charge in [-0.1, -0.05) is 46.3 Å². The third-order valence-corrected chi connectivity index (χ3v) is 8.23. The third-order valence-electron chi connectivity index (χ3n) is 7.11. The molecule has 0 unspecified atom stereocenters. The minimum Gasteiger partial charge on any atom is -0.490 e. The number of carbonyl (C=O) groups is 3. The number of halogens is 2. The number of rotatable bonds is 10. The van der Waals surface area contributed by atoms with E-state index in [2.05, 4.69) is 63.2 Å². The second-order valence-electron chi connectivity index (χ2n) is 10.3. The van der Waals surface area contributed by atoms with Crippen molar-refractivity contribution in [1.82, 2.24) is 5.32 Å². The molecule has 0 saturated carbocycles. The number of carbonyl (C=O) groups excluding carboxylic acids is 3. The van der Waals surface area contributed by atoms with Gasteiger partial charge < -0.3 is 14.2 Å². The molecule has 4 aromatic rings. The molecule has 4 aromatic carbocycles. The van der Waals surface area contributed by atoms with Crippen molar-refractivity contribution in [3.8, 4) is 17.2 Å². The van der Waals surface area contributed by atoms with E-state index in [1.165, 1.54) is 17.2 Å². The number of benzene rings is 4. The van der Waals surface area contributed by atoms with E-state index >= 15 is 0 Å². The van der Waals surface area contributed by atoms with Gasteiger partial charge in [0.1, 0.15) is 24.5 Å². The molecule has 45 heavy (non-hydrogen) atoms. The Labute approximate surface area is 278 Å². The van der Waals surface area contributed by atoms with Gasteiger partial charge in [-0.15, -0.1) is 0 Å². The van der Waals surface area contributed by atoms with Gasteiger partial charge in [0.05, 0.1) is 16.8 Å². The average Bonchev–Trinajstić information content (AvgIpc) is 3.01. The molecule has 1 aliphatic rings. The summed E-state index contributed by atoms with van der Waals surface area (Å²) >= 11 is 6.97. The molecule has 1 saturated heterocycles. The molecule has 0 spiro atoms. The Balaban J connectivity index is 1.35. The van der Waals surface area contributed by atoms with Crippen LogP contribution in [0.1, 0.15) is 34.7 Å². The molecule has 4 amide bonds. The number of imide groups is 2. The fourth-order valence-electron chi connectivity index (χ4n) is 4.62. The molecule has 0 aromatic heterocycles. The van der Waals surface area contributed by atoms with Crippen molar-refractivity contribution in [2.24, 2.45) is 0 Å². The fourth-order valence-corrected chi connectivity index (χ4v) is 5.46. The summed E-state index contributed by atoms with van der Waals surface area (Å²) in [7, 11) is 0. The van der Waals surface area contributed by atoms with Crippen LogP contribution >= 0.6 is 31.9 Å². The molecule has 0 radical (unpaired) electrons. The summed E-state index contributed by atoms with van der Waals surface area (Å²) in [6, 6.07) is 23.0. The Bertz CT molecular complexity index is 1790. The second kappa shape index (κ2) is 14.1. The quantitative estimate of drug-likeness (QED) is 0.131. The summed E-state index contributed by atoms with van der Waals surface area (Å²) in [5.74, 6) is -0.0448. The van der Waals surface area contributed by atoms with Gasteiger partial charge in [-0.25, -0.2) is 9.69 Å². The first-order chi connectivity index (χ1) is 21.6. The van der Waals surface area contributed by atoms with Crippen molar-refractivity contribution in [3.63, 3.8) is 0 Å². The van der Waals surface area contributed by atoms with Crippen molar-refractivity contribution in [2.75, 3.05) is 11.5 Å². The fraction of sp³-hybridized carbons (Fsp3) is 0.171. The SMILES string of the molecule is CCOc1cc(/C=C2\C(=O)NC(=O)N(c3ccc(OCc4ccc(Br)cc4)cc3)C2=O)cc(Br)c1OCc1ccc(C)c(C)c1. The largest absolute Gasteiger partial charge is 0.490 e. The van der Waals surface area contributed by atoms with Crippen molar-refractivity contribution in [3.05, 3.63) is 121 Å². The first-order valence-electron chi connectivity index (χ1n) is 14.2. The van der Waals surface area contributed by atoms with Crippen molar-refractivity contribution in [1.29, 1.82) is 0 Å². The highest BCUT2D eigenvalue weighted by Crippen LogP contribution is 2.38. The maximum absolute atomic E-state index is 13.5. The highest BCUT2D eigenvalue weighted by atomic mass is 79.9. The van der Waals surface area contributed by atoms with Gasteiger partial charge in [0, 0.05) is 4.47 Å². The minimum absolute atomic E-state index is 0.205. The van der Waals surface area contributed by atoms with E-state index in [1.54, 1.807) is 36.4 Å². The smallest absolute Gasteiger partial charge is 0.335 e. The third kappa shape index (κ3) is 7.64. The summed E-state index contributed by atoms with van der Waals surface area (Å²) in [6.07, 6.45) is 1.42. The van der Waals surface area contributed by atoms with Gasteiger partial charge in [0.25, 0.3) is 11.8 Å². The van der Waals surface area contributed by atoms with E-state index in [0.29, 0.717) is 47.1 Å². The van der Waals surface area contributed by atoms with Crippen molar-refractivity contribution in [2.45, 2.75) is 34.0 Å². The van der Waals surface area contributed by atoms with Crippen LogP contribution in [0.15, 0.2) is 93.4 Å². The second-order valence-corrected chi connectivity index (χ2v) is 12.1. The van der Waals surface area contributed by atoms with E-state index in [-0.39, 0.29) is 11.3 Å². The summed E-state index contributed by atoms with van der Waals surface area (Å²) < 4.78 is 19.4. The molecule has 5 rings (SSSR count). The Kier molecular flexibility index (Phi) is 10.0. The molecule has 1 aliphatic heterocycles. The van der Waals surface area contributed by atoms with Crippen molar-refractivity contribution < 1.29 is 28.6 Å². The summed E-state index contributed by atoms with van der Waals surface area (Å²) in [6.45, 7) is 7.01. The van der Waals surface area contributed by atoms with Crippen LogP contribution in [0.4, 0.5) is 10.5 Å². The van der Waals surface area contributed by atoms with E-state index < -0.39 is 17.8 Å². The van der Waals surface area contributed by atoms with Crippen LogP contribution in [0.5, 0.6) is 17.2 Å². The van der Waals surface area contributed by atoms with Crippen LogP contribution in [0.3, 0.4) is 0 Å². The summed E-state index contributed by atoms with van der Waals surface area (Å²) in [5.41, 5.74) is 4.96. The van der Waals surface area contributed by atoms with Gasteiger partial charge in [-0.05, 0) is 119 Å². The molecule has 0 aliphatic carbocycles. The predicted octanol–water partition coefficient (Wildman–Crippen LogP) is 8.05.